The second-order valence-corrected chi connectivity index (χ2v) is 6.53. The van der Waals surface area contributed by atoms with Crippen molar-refractivity contribution in [2.24, 2.45) is 0 Å². The van der Waals surface area contributed by atoms with Gasteiger partial charge in [-0.3, -0.25) is 4.98 Å². The minimum absolute atomic E-state index is 0.163. The Bertz CT molecular complexity index is 728. The third kappa shape index (κ3) is 3.59. The molecule has 0 aliphatic rings. The van der Waals surface area contributed by atoms with Crippen LogP contribution >= 0.6 is 0 Å². The van der Waals surface area contributed by atoms with Crippen molar-refractivity contribution < 1.29 is 13.2 Å². The van der Waals surface area contributed by atoms with Gasteiger partial charge in [-0.15, -0.1) is 0 Å². The molecule has 2 aromatic rings. The van der Waals surface area contributed by atoms with Crippen LogP contribution in [0.25, 0.3) is 0 Å². The van der Waals surface area contributed by atoms with Crippen LogP contribution in [0.3, 0.4) is 0 Å². The zero-order chi connectivity index (χ0) is 15.5. The quantitative estimate of drug-likeness (QED) is 0.919. The van der Waals surface area contributed by atoms with E-state index in [9.17, 15) is 8.42 Å². The van der Waals surface area contributed by atoms with E-state index in [-0.39, 0.29) is 11.4 Å². The van der Waals surface area contributed by atoms with E-state index in [4.69, 9.17) is 4.74 Å². The van der Waals surface area contributed by atoms with E-state index >= 15 is 0 Å². The summed E-state index contributed by atoms with van der Waals surface area (Å²) >= 11 is 0. The fourth-order valence-electron chi connectivity index (χ4n) is 2.13. The maximum Gasteiger partial charge on any atom is 0.244 e. The van der Waals surface area contributed by atoms with E-state index in [2.05, 4.69) is 9.71 Å². The first-order chi connectivity index (χ1) is 9.94. The lowest BCUT2D eigenvalue weighted by Gasteiger charge is -2.14. The number of hydrogen-bond donors (Lipinski definition) is 1. The third-order valence-electron chi connectivity index (χ3n) is 3.09. The van der Waals surface area contributed by atoms with Gasteiger partial charge in [0.1, 0.15) is 10.6 Å². The number of rotatable bonds is 5. The molecule has 0 amide bonds. The van der Waals surface area contributed by atoms with Gasteiger partial charge in [0.2, 0.25) is 10.0 Å². The topological polar surface area (TPSA) is 68.3 Å². The molecular weight excluding hydrogens is 288 g/mol. The van der Waals surface area contributed by atoms with Crippen molar-refractivity contribution in [1.29, 1.82) is 0 Å². The van der Waals surface area contributed by atoms with Gasteiger partial charge >= 0.3 is 0 Å². The Morgan fingerprint density at radius 1 is 1.19 bits per heavy atom. The zero-order valence-corrected chi connectivity index (χ0v) is 13.1. The number of sulfonamides is 1. The van der Waals surface area contributed by atoms with Crippen molar-refractivity contribution in [1.82, 2.24) is 9.71 Å². The molecule has 0 spiro atoms. The molecule has 2 rings (SSSR count). The van der Waals surface area contributed by atoms with Crippen LogP contribution in [-0.2, 0) is 16.6 Å². The fourth-order valence-corrected chi connectivity index (χ4v) is 3.47. The van der Waals surface area contributed by atoms with Crippen LogP contribution in [0, 0.1) is 13.8 Å². The monoisotopic (exact) mass is 306 g/mol. The molecule has 1 aromatic heterocycles. The summed E-state index contributed by atoms with van der Waals surface area (Å²) in [6.45, 7) is 3.89. The highest BCUT2D eigenvalue weighted by Gasteiger charge is 2.21. The third-order valence-corrected chi connectivity index (χ3v) is 4.50. The predicted octanol–water partition coefficient (Wildman–Crippen LogP) is 2.19. The van der Waals surface area contributed by atoms with Crippen molar-refractivity contribution in [2.75, 3.05) is 7.11 Å². The number of hydrogen-bond acceptors (Lipinski definition) is 4. The fraction of sp³-hybridized carbons (Fsp3) is 0.267. The summed E-state index contributed by atoms with van der Waals surface area (Å²) in [5.41, 5.74) is 2.51. The lowest BCUT2D eigenvalue weighted by Crippen LogP contribution is -2.24. The highest BCUT2D eigenvalue weighted by Crippen LogP contribution is 2.29. The first-order valence-corrected chi connectivity index (χ1v) is 7.96. The Labute approximate surface area is 125 Å². The predicted molar refractivity (Wildman–Crippen MR) is 80.7 cm³/mol. The number of aromatic nitrogens is 1. The van der Waals surface area contributed by atoms with Gasteiger partial charge in [0.15, 0.2) is 0 Å². The lowest BCUT2D eigenvalue weighted by molar-refractivity contribution is 0.399. The summed E-state index contributed by atoms with van der Waals surface area (Å²) in [5.74, 6) is 0.378. The van der Waals surface area contributed by atoms with Gasteiger partial charge in [0.05, 0.1) is 7.11 Å². The molecule has 0 fully saturated rings. The van der Waals surface area contributed by atoms with E-state index in [1.54, 1.807) is 30.6 Å². The molecule has 112 valence electrons. The van der Waals surface area contributed by atoms with Gasteiger partial charge in [-0.2, -0.15) is 0 Å². The summed E-state index contributed by atoms with van der Waals surface area (Å²) in [7, 11) is -2.17. The molecule has 0 atom stereocenters. The lowest BCUT2D eigenvalue weighted by atomic mass is 10.1. The highest BCUT2D eigenvalue weighted by molar-refractivity contribution is 7.89. The van der Waals surface area contributed by atoms with Gasteiger partial charge < -0.3 is 4.74 Å². The van der Waals surface area contributed by atoms with Crippen LogP contribution in [-0.4, -0.2) is 20.5 Å². The molecular formula is C15H18N2O3S. The Balaban J connectivity index is 2.32. The number of methoxy groups -OCH3 is 1. The normalized spacial score (nSPS) is 11.4. The van der Waals surface area contributed by atoms with Crippen LogP contribution in [0.5, 0.6) is 5.75 Å². The molecule has 0 aliphatic heterocycles. The SMILES string of the molecule is COc1c(C)cc(C)cc1S(=O)(=O)NCc1ccncc1. The second kappa shape index (κ2) is 6.24. The summed E-state index contributed by atoms with van der Waals surface area (Å²) in [6, 6.07) is 7.03. The average molecular weight is 306 g/mol. The van der Waals surface area contributed by atoms with E-state index in [1.165, 1.54) is 7.11 Å². The van der Waals surface area contributed by atoms with Crippen molar-refractivity contribution >= 4 is 10.0 Å². The Hall–Kier alpha value is -1.92. The van der Waals surface area contributed by atoms with Crippen LogP contribution in [0.2, 0.25) is 0 Å². The molecule has 0 unspecified atom stereocenters. The van der Waals surface area contributed by atoms with E-state index < -0.39 is 10.0 Å². The number of nitrogens with zero attached hydrogens (tertiary/aromatic N) is 1. The van der Waals surface area contributed by atoms with Gasteiger partial charge in [0, 0.05) is 18.9 Å². The Kier molecular flexibility index (Phi) is 4.59. The molecule has 0 saturated heterocycles. The van der Waals surface area contributed by atoms with Gasteiger partial charge in [-0.25, -0.2) is 13.1 Å². The molecule has 5 nitrogen and oxygen atoms in total. The van der Waals surface area contributed by atoms with E-state index in [1.807, 2.05) is 19.9 Å². The number of pyridine rings is 1. The van der Waals surface area contributed by atoms with E-state index in [0.29, 0.717) is 5.75 Å². The van der Waals surface area contributed by atoms with Crippen molar-refractivity contribution in [2.45, 2.75) is 25.3 Å². The number of ether oxygens (including phenoxy) is 1. The summed E-state index contributed by atoms with van der Waals surface area (Å²) < 4.78 is 32.8. The molecule has 1 aromatic carbocycles. The van der Waals surface area contributed by atoms with Crippen LogP contribution in [0.4, 0.5) is 0 Å². The van der Waals surface area contributed by atoms with Crippen LogP contribution in [0.1, 0.15) is 16.7 Å². The Morgan fingerprint density at radius 3 is 2.48 bits per heavy atom. The zero-order valence-electron chi connectivity index (χ0n) is 12.3. The van der Waals surface area contributed by atoms with Gasteiger partial charge in [-0.05, 0) is 48.7 Å². The molecule has 1 N–H and O–H groups in total. The maximum absolute atomic E-state index is 12.5. The van der Waals surface area contributed by atoms with Crippen LogP contribution < -0.4 is 9.46 Å². The largest absolute Gasteiger partial charge is 0.495 e. The maximum atomic E-state index is 12.5. The highest BCUT2D eigenvalue weighted by atomic mass is 32.2. The first kappa shape index (κ1) is 15.5. The average Bonchev–Trinajstić information content (AvgIpc) is 2.46. The molecule has 0 bridgehead atoms. The number of benzene rings is 1. The molecule has 0 saturated carbocycles. The van der Waals surface area contributed by atoms with Gasteiger partial charge in [-0.1, -0.05) is 6.07 Å². The van der Waals surface area contributed by atoms with Crippen molar-refractivity contribution in [3.8, 4) is 5.75 Å². The molecule has 6 heteroatoms. The minimum atomic E-state index is -3.64. The number of nitrogens with one attached hydrogen (secondary N) is 1. The summed E-state index contributed by atoms with van der Waals surface area (Å²) in [6.07, 6.45) is 3.25. The summed E-state index contributed by atoms with van der Waals surface area (Å²) in [5, 5.41) is 0. The molecule has 21 heavy (non-hydrogen) atoms. The standard InChI is InChI=1S/C15H18N2O3S/c1-11-8-12(2)15(20-3)14(9-11)21(18,19)17-10-13-4-6-16-7-5-13/h4-9,17H,10H2,1-3H3. The molecule has 0 radical (unpaired) electrons. The van der Waals surface area contributed by atoms with Gasteiger partial charge in [0.25, 0.3) is 0 Å². The van der Waals surface area contributed by atoms with Crippen LogP contribution in [0.15, 0.2) is 41.6 Å². The van der Waals surface area contributed by atoms with Crippen molar-refractivity contribution in [3.05, 3.63) is 53.3 Å². The summed E-state index contributed by atoms with van der Waals surface area (Å²) in [4.78, 5) is 4.06. The Morgan fingerprint density at radius 2 is 1.86 bits per heavy atom. The minimum Gasteiger partial charge on any atom is -0.495 e. The first-order valence-electron chi connectivity index (χ1n) is 6.48. The van der Waals surface area contributed by atoms with Crippen molar-refractivity contribution in [3.63, 3.8) is 0 Å². The molecule has 0 aliphatic carbocycles. The number of aryl methyl sites for hydroxylation is 2. The second-order valence-electron chi connectivity index (χ2n) is 4.79. The van der Waals surface area contributed by atoms with E-state index in [0.717, 1.165) is 16.7 Å². The smallest absolute Gasteiger partial charge is 0.244 e. The molecule has 1 heterocycles.